The number of rotatable bonds is 5. The Bertz CT molecular complexity index is 903. The fourth-order valence-electron chi connectivity index (χ4n) is 3.20. The van der Waals surface area contributed by atoms with Crippen LogP contribution in [0.1, 0.15) is 21.5 Å². The van der Waals surface area contributed by atoms with Crippen LogP contribution in [0, 0.1) is 0 Å². The molecule has 0 saturated carbocycles. The second kappa shape index (κ2) is 7.13. The Kier molecular flexibility index (Phi) is 4.52. The average molecular weight is 360 g/mol. The van der Waals surface area contributed by atoms with Crippen LogP contribution >= 0.6 is 0 Å². The van der Waals surface area contributed by atoms with E-state index < -0.39 is 5.79 Å². The Morgan fingerprint density at radius 2 is 1.48 bits per heavy atom. The van der Waals surface area contributed by atoms with Gasteiger partial charge in [-0.3, -0.25) is 4.79 Å². The number of amides is 1. The molecule has 0 saturated heterocycles. The van der Waals surface area contributed by atoms with Gasteiger partial charge >= 0.3 is 5.79 Å². The monoisotopic (exact) mass is 360 g/mol. The topological polar surface area (TPSA) is 73.6 Å². The largest absolute Gasteiger partial charge is 0.440 e. The van der Waals surface area contributed by atoms with Crippen LogP contribution in [0.5, 0.6) is 11.5 Å². The molecule has 1 amide bonds. The highest BCUT2D eigenvalue weighted by molar-refractivity contribution is 5.98. The Hall–Kier alpha value is -3.31. The van der Waals surface area contributed by atoms with Gasteiger partial charge in [0.1, 0.15) is 0 Å². The lowest BCUT2D eigenvalue weighted by Gasteiger charge is -2.28. The summed E-state index contributed by atoms with van der Waals surface area (Å²) in [6, 6.07) is 24.7. The van der Waals surface area contributed by atoms with Crippen molar-refractivity contribution in [2.24, 2.45) is 5.73 Å². The minimum absolute atomic E-state index is 0.238. The fraction of sp³-hybridized carbons (Fsp3) is 0.136. The highest BCUT2D eigenvalue weighted by atomic mass is 16.7. The molecule has 1 aliphatic rings. The van der Waals surface area contributed by atoms with Crippen molar-refractivity contribution in [2.75, 3.05) is 13.1 Å². The SMILES string of the molecule is NCCNC(=O)c1cccc2c1OC(c1ccccc1)(c1ccccc1)O2. The molecular formula is C22H20N2O3. The quantitative estimate of drug-likeness (QED) is 0.733. The lowest BCUT2D eigenvalue weighted by Crippen LogP contribution is -2.37. The predicted molar refractivity (Wildman–Crippen MR) is 103 cm³/mol. The molecule has 0 radical (unpaired) electrons. The van der Waals surface area contributed by atoms with Crippen molar-refractivity contribution in [1.29, 1.82) is 0 Å². The molecule has 1 aliphatic heterocycles. The van der Waals surface area contributed by atoms with E-state index in [-0.39, 0.29) is 5.91 Å². The molecule has 5 heteroatoms. The van der Waals surface area contributed by atoms with E-state index in [4.69, 9.17) is 15.2 Å². The van der Waals surface area contributed by atoms with Gasteiger partial charge in [0.25, 0.3) is 5.91 Å². The molecule has 0 fully saturated rings. The minimum atomic E-state index is -1.14. The summed E-state index contributed by atoms with van der Waals surface area (Å²) in [5.74, 6) is -0.421. The van der Waals surface area contributed by atoms with Gasteiger partial charge in [-0.05, 0) is 12.1 Å². The minimum Gasteiger partial charge on any atom is -0.440 e. The number of carbonyl (C=O) groups excluding carboxylic acids is 1. The van der Waals surface area contributed by atoms with Crippen molar-refractivity contribution in [3.63, 3.8) is 0 Å². The summed E-state index contributed by atoms with van der Waals surface area (Å²) in [5, 5.41) is 2.79. The number of carbonyl (C=O) groups is 1. The van der Waals surface area contributed by atoms with Gasteiger partial charge in [0, 0.05) is 24.2 Å². The molecule has 27 heavy (non-hydrogen) atoms. The summed E-state index contributed by atoms with van der Waals surface area (Å²) in [6.45, 7) is 0.766. The molecule has 136 valence electrons. The van der Waals surface area contributed by atoms with Gasteiger partial charge in [-0.15, -0.1) is 0 Å². The van der Waals surface area contributed by atoms with Gasteiger partial charge < -0.3 is 20.5 Å². The molecule has 3 aromatic carbocycles. The zero-order valence-corrected chi connectivity index (χ0v) is 14.7. The van der Waals surface area contributed by atoms with Gasteiger partial charge in [-0.1, -0.05) is 66.7 Å². The Morgan fingerprint density at radius 3 is 2.07 bits per heavy atom. The summed E-state index contributed by atoms with van der Waals surface area (Å²) in [6.07, 6.45) is 0. The maximum absolute atomic E-state index is 12.5. The molecule has 0 unspecified atom stereocenters. The molecule has 0 atom stereocenters. The molecule has 0 aromatic heterocycles. The van der Waals surface area contributed by atoms with Crippen molar-refractivity contribution < 1.29 is 14.3 Å². The van der Waals surface area contributed by atoms with E-state index in [9.17, 15) is 4.79 Å². The molecule has 5 nitrogen and oxygen atoms in total. The van der Waals surface area contributed by atoms with Crippen molar-refractivity contribution in [3.8, 4) is 11.5 Å². The third kappa shape index (κ3) is 3.02. The third-order valence-electron chi connectivity index (χ3n) is 4.46. The summed E-state index contributed by atoms with van der Waals surface area (Å²) >= 11 is 0. The molecule has 0 aliphatic carbocycles. The van der Waals surface area contributed by atoms with E-state index in [0.29, 0.717) is 30.2 Å². The van der Waals surface area contributed by atoms with Crippen LogP contribution in [0.2, 0.25) is 0 Å². The number of fused-ring (bicyclic) bond motifs is 1. The summed E-state index contributed by atoms with van der Waals surface area (Å²) in [5.41, 5.74) is 7.61. The molecule has 3 aromatic rings. The second-order valence-electron chi connectivity index (χ2n) is 6.23. The number of hydrogen-bond donors (Lipinski definition) is 2. The van der Waals surface area contributed by atoms with Crippen LogP contribution in [-0.4, -0.2) is 19.0 Å². The molecule has 4 rings (SSSR count). The summed E-state index contributed by atoms with van der Waals surface area (Å²) < 4.78 is 12.7. The second-order valence-corrected chi connectivity index (χ2v) is 6.23. The van der Waals surface area contributed by atoms with Crippen LogP contribution in [0.4, 0.5) is 0 Å². The molecule has 3 N–H and O–H groups in total. The van der Waals surface area contributed by atoms with Crippen LogP contribution in [0.25, 0.3) is 0 Å². The maximum atomic E-state index is 12.5. The predicted octanol–water partition coefficient (Wildman–Crippen LogP) is 3.05. The molecular weight excluding hydrogens is 340 g/mol. The highest BCUT2D eigenvalue weighted by Gasteiger charge is 2.46. The van der Waals surface area contributed by atoms with Crippen LogP contribution < -0.4 is 20.5 Å². The first-order valence-corrected chi connectivity index (χ1v) is 8.85. The molecule has 0 spiro atoms. The zero-order chi connectivity index (χ0) is 18.7. The third-order valence-corrected chi connectivity index (χ3v) is 4.46. The number of nitrogens with two attached hydrogens (primary N) is 1. The summed E-state index contributed by atoms with van der Waals surface area (Å²) in [7, 11) is 0. The van der Waals surface area contributed by atoms with Gasteiger partial charge in [0.15, 0.2) is 11.5 Å². The number of para-hydroxylation sites is 1. The van der Waals surface area contributed by atoms with Crippen molar-refractivity contribution in [2.45, 2.75) is 5.79 Å². The number of hydrogen-bond acceptors (Lipinski definition) is 4. The van der Waals surface area contributed by atoms with E-state index in [0.717, 1.165) is 11.1 Å². The van der Waals surface area contributed by atoms with Crippen molar-refractivity contribution in [1.82, 2.24) is 5.32 Å². The van der Waals surface area contributed by atoms with Crippen molar-refractivity contribution >= 4 is 5.91 Å². The first-order chi connectivity index (χ1) is 13.2. The summed E-state index contributed by atoms with van der Waals surface area (Å²) in [4.78, 5) is 12.5. The van der Waals surface area contributed by atoms with Crippen LogP contribution in [-0.2, 0) is 5.79 Å². The lowest BCUT2D eigenvalue weighted by atomic mass is 9.97. The Balaban J connectivity index is 1.81. The van der Waals surface area contributed by atoms with Gasteiger partial charge in [0.05, 0.1) is 5.56 Å². The van der Waals surface area contributed by atoms with E-state index in [1.807, 2.05) is 66.7 Å². The molecule has 0 bridgehead atoms. The van der Waals surface area contributed by atoms with E-state index in [2.05, 4.69) is 5.32 Å². The van der Waals surface area contributed by atoms with Crippen LogP contribution in [0.3, 0.4) is 0 Å². The fourth-order valence-corrected chi connectivity index (χ4v) is 3.20. The van der Waals surface area contributed by atoms with Gasteiger partial charge in [-0.2, -0.15) is 0 Å². The van der Waals surface area contributed by atoms with Crippen LogP contribution in [0.15, 0.2) is 78.9 Å². The Morgan fingerprint density at radius 1 is 0.852 bits per heavy atom. The number of nitrogens with one attached hydrogen (secondary N) is 1. The standard InChI is InChI=1S/C22H20N2O3/c23-14-15-24-21(25)18-12-7-13-19-20(18)27-22(26-19,16-8-3-1-4-9-16)17-10-5-2-6-11-17/h1-13H,14-15,23H2,(H,24,25). The van der Waals surface area contributed by atoms with Gasteiger partial charge in [-0.25, -0.2) is 0 Å². The maximum Gasteiger partial charge on any atom is 0.305 e. The van der Waals surface area contributed by atoms with Crippen molar-refractivity contribution in [3.05, 3.63) is 95.6 Å². The highest BCUT2D eigenvalue weighted by Crippen LogP contribution is 2.49. The van der Waals surface area contributed by atoms with E-state index in [1.165, 1.54) is 0 Å². The van der Waals surface area contributed by atoms with E-state index >= 15 is 0 Å². The lowest BCUT2D eigenvalue weighted by molar-refractivity contribution is -0.0461. The first-order valence-electron chi connectivity index (χ1n) is 8.85. The first kappa shape index (κ1) is 17.1. The molecule has 1 heterocycles. The zero-order valence-electron chi connectivity index (χ0n) is 14.7. The van der Waals surface area contributed by atoms with Gasteiger partial charge in [0.2, 0.25) is 0 Å². The smallest absolute Gasteiger partial charge is 0.305 e. The number of ether oxygens (including phenoxy) is 2. The average Bonchev–Trinajstić information content (AvgIpc) is 3.14. The Labute approximate surface area is 157 Å². The van der Waals surface area contributed by atoms with E-state index in [1.54, 1.807) is 12.1 Å². The normalized spacial score (nSPS) is 14.0. The number of benzene rings is 3.